The van der Waals surface area contributed by atoms with Crippen LogP contribution < -0.4 is 5.73 Å². The standard InChI is InChI=1S/C6H12O6.C2H2Cl3NO/c7-1-2-3(8)4(9)5(10)6(11)12-2;3-2(4,5)1(6)7/h2-11H,1H2;(H2,6,7)/t2-,3-,4+,5-,6+;/m1./s1. The third-order valence-electron chi connectivity index (χ3n) is 2.15. The zero-order chi connectivity index (χ0) is 15.4. The van der Waals surface area contributed by atoms with Crippen LogP contribution in [0.15, 0.2) is 0 Å². The summed E-state index contributed by atoms with van der Waals surface area (Å²) in [6.07, 6.45) is -7.04. The normalized spacial score (nSPS) is 35.3. The minimum atomic E-state index is -1.94. The SMILES string of the molecule is NC(=O)C(Cl)(Cl)Cl.OC[C@H]1O[C@H](O)[C@H](O)[C@@H](O)[C@@H]1O. The molecule has 1 amide bonds. The van der Waals surface area contributed by atoms with Crippen molar-refractivity contribution in [3.8, 4) is 0 Å². The molecule has 1 aliphatic heterocycles. The van der Waals surface area contributed by atoms with Crippen LogP contribution in [0.4, 0.5) is 0 Å². The molecule has 0 radical (unpaired) electrons. The van der Waals surface area contributed by atoms with Gasteiger partial charge in [0.1, 0.15) is 24.4 Å². The highest BCUT2D eigenvalue weighted by Gasteiger charge is 2.42. The highest BCUT2D eigenvalue weighted by Crippen LogP contribution is 2.24. The van der Waals surface area contributed by atoms with E-state index >= 15 is 0 Å². The monoisotopic (exact) mass is 341 g/mol. The molecule has 7 N–H and O–H groups in total. The van der Waals surface area contributed by atoms with E-state index in [0.29, 0.717) is 0 Å². The number of hydrogen-bond acceptors (Lipinski definition) is 7. The maximum absolute atomic E-state index is 9.85. The fourth-order valence-corrected chi connectivity index (χ4v) is 1.08. The van der Waals surface area contributed by atoms with Crippen LogP contribution in [0.25, 0.3) is 0 Å². The van der Waals surface area contributed by atoms with E-state index in [-0.39, 0.29) is 0 Å². The summed E-state index contributed by atoms with van der Waals surface area (Å²) in [5.41, 5.74) is 4.53. The fourth-order valence-electron chi connectivity index (χ4n) is 1.08. The lowest BCUT2D eigenvalue weighted by molar-refractivity contribution is -0.286. The van der Waals surface area contributed by atoms with Crippen LogP contribution in [0.2, 0.25) is 0 Å². The molecule has 0 aromatic heterocycles. The van der Waals surface area contributed by atoms with Gasteiger partial charge in [-0.2, -0.15) is 0 Å². The van der Waals surface area contributed by atoms with E-state index in [1.165, 1.54) is 0 Å². The van der Waals surface area contributed by atoms with Crippen molar-refractivity contribution in [2.24, 2.45) is 5.73 Å². The predicted octanol–water partition coefficient (Wildman–Crippen LogP) is -2.38. The first-order chi connectivity index (χ1) is 8.52. The van der Waals surface area contributed by atoms with Gasteiger partial charge < -0.3 is 36.0 Å². The number of hydrogen-bond donors (Lipinski definition) is 6. The second-order valence-electron chi connectivity index (χ2n) is 3.58. The molecule has 8 nitrogen and oxygen atoms in total. The Hall–Kier alpha value is 0.1000. The Labute approximate surface area is 123 Å². The minimum Gasteiger partial charge on any atom is -0.394 e. The molecule has 1 aliphatic rings. The first kappa shape index (κ1) is 19.1. The van der Waals surface area contributed by atoms with Gasteiger partial charge >= 0.3 is 0 Å². The highest BCUT2D eigenvalue weighted by atomic mass is 35.6. The van der Waals surface area contributed by atoms with Crippen molar-refractivity contribution in [3.05, 3.63) is 0 Å². The Morgan fingerprint density at radius 2 is 1.53 bits per heavy atom. The van der Waals surface area contributed by atoms with Crippen LogP contribution in [0.5, 0.6) is 0 Å². The van der Waals surface area contributed by atoms with E-state index < -0.39 is 47.0 Å². The number of alkyl halides is 3. The molecule has 11 heteroatoms. The maximum atomic E-state index is 9.85. The lowest BCUT2D eigenvalue weighted by Crippen LogP contribution is -2.58. The Morgan fingerprint density at radius 3 is 1.84 bits per heavy atom. The van der Waals surface area contributed by atoms with Gasteiger partial charge in [0.2, 0.25) is 0 Å². The van der Waals surface area contributed by atoms with E-state index in [1.807, 2.05) is 0 Å². The third-order valence-corrected chi connectivity index (χ3v) is 2.71. The number of nitrogens with two attached hydrogens (primary N) is 1. The molecule has 0 spiro atoms. The third kappa shape index (κ3) is 5.94. The summed E-state index contributed by atoms with van der Waals surface area (Å²) in [6.45, 7) is -0.526. The number of amides is 1. The summed E-state index contributed by atoms with van der Waals surface area (Å²) in [7, 11) is 0. The number of primary amides is 1. The lowest BCUT2D eigenvalue weighted by Gasteiger charge is -2.37. The highest BCUT2D eigenvalue weighted by molar-refractivity contribution is 6.76. The molecule has 0 aromatic carbocycles. The van der Waals surface area contributed by atoms with Crippen molar-refractivity contribution in [2.75, 3.05) is 6.61 Å². The molecule has 1 saturated heterocycles. The van der Waals surface area contributed by atoms with Gasteiger partial charge in [0.15, 0.2) is 6.29 Å². The van der Waals surface area contributed by atoms with Gasteiger partial charge in [-0.25, -0.2) is 0 Å². The van der Waals surface area contributed by atoms with Gasteiger partial charge in [0, 0.05) is 0 Å². The van der Waals surface area contributed by atoms with Gasteiger partial charge in [-0.3, -0.25) is 4.79 Å². The average Bonchev–Trinajstić information content (AvgIpc) is 2.30. The molecule has 19 heavy (non-hydrogen) atoms. The van der Waals surface area contributed by atoms with E-state index in [0.717, 1.165) is 0 Å². The number of aliphatic hydroxyl groups excluding tert-OH is 5. The minimum absolute atomic E-state index is 0.526. The second-order valence-corrected chi connectivity index (χ2v) is 5.86. The zero-order valence-electron chi connectivity index (χ0n) is 9.36. The first-order valence-corrected chi connectivity index (χ1v) is 6.01. The summed E-state index contributed by atoms with van der Waals surface area (Å²) < 4.78 is 2.63. The fraction of sp³-hybridized carbons (Fsp3) is 0.875. The van der Waals surface area contributed by atoms with Crippen LogP contribution in [0, 0.1) is 0 Å². The Balaban J connectivity index is 0.000000399. The smallest absolute Gasteiger partial charge is 0.269 e. The van der Waals surface area contributed by atoms with Crippen LogP contribution in [0.3, 0.4) is 0 Å². The number of ether oxygens (including phenoxy) is 1. The summed E-state index contributed by atoms with van der Waals surface area (Å²) in [4.78, 5) is 9.85. The molecule has 1 rings (SSSR count). The van der Waals surface area contributed by atoms with Crippen LogP contribution >= 0.6 is 34.8 Å². The summed E-state index contributed by atoms with van der Waals surface area (Å²) in [6, 6.07) is 0. The average molecular weight is 343 g/mol. The molecule has 114 valence electrons. The topological polar surface area (TPSA) is 153 Å². The van der Waals surface area contributed by atoms with Crippen molar-refractivity contribution < 1.29 is 35.1 Å². The van der Waals surface area contributed by atoms with Crippen molar-refractivity contribution in [1.82, 2.24) is 0 Å². The zero-order valence-corrected chi connectivity index (χ0v) is 11.6. The molecule has 0 bridgehead atoms. The van der Waals surface area contributed by atoms with Crippen LogP contribution in [-0.2, 0) is 9.53 Å². The quantitative estimate of drug-likeness (QED) is 0.291. The van der Waals surface area contributed by atoms with E-state index in [4.69, 9.17) is 60.3 Å². The first-order valence-electron chi connectivity index (χ1n) is 4.87. The predicted molar refractivity (Wildman–Crippen MR) is 65.5 cm³/mol. The number of aliphatic hydroxyl groups is 5. The summed E-state index contributed by atoms with van der Waals surface area (Å²) in [5.74, 6) is -0.961. The van der Waals surface area contributed by atoms with Crippen molar-refractivity contribution in [3.63, 3.8) is 0 Å². The molecule has 1 fully saturated rings. The van der Waals surface area contributed by atoms with Gasteiger partial charge in [-0.1, -0.05) is 34.8 Å². The second kappa shape index (κ2) is 7.77. The Morgan fingerprint density at radius 1 is 1.11 bits per heavy atom. The molecule has 0 unspecified atom stereocenters. The van der Waals surface area contributed by atoms with E-state index in [9.17, 15) is 4.79 Å². The van der Waals surface area contributed by atoms with E-state index in [2.05, 4.69) is 10.5 Å². The number of rotatable bonds is 1. The molecular weight excluding hydrogens is 328 g/mol. The maximum Gasteiger partial charge on any atom is 0.269 e. The summed E-state index contributed by atoms with van der Waals surface area (Å²) in [5, 5.41) is 44.7. The van der Waals surface area contributed by atoms with Gasteiger partial charge in [0.25, 0.3) is 9.70 Å². The molecule has 1 heterocycles. The molecular formula is C8H14Cl3NO7. The molecule has 5 atom stereocenters. The Bertz CT molecular complexity index is 296. The van der Waals surface area contributed by atoms with E-state index in [1.54, 1.807) is 0 Å². The molecule has 0 aromatic rings. The van der Waals surface area contributed by atoms with Crippen molar-refractivity contribution in [1.29, 1.82) is 0 Å². The largest absolute Gasteiger partial charge is 0.394 e. The number of carbonyl (C=O) groups excluding carboxylic acids is 1. The molecule has 0 aliphatic carbocycles. The van der Waals surface area contributed by atoms with Crippen molar-refractivity contribution >= 4 is 40.7 Å². The van der Waals surface area contributed by atoms with Gasteiger partial charge in [-0.05, 0) is 0 Å². The van der Waals surface area contributed by atoms with Crippen molar-refractivity contribution in [2.45, 2.75) is 34.5 Å². The number of halogens is 3. The molecule has 0 saturated carbocycles. The van der Waals surface area contributed by atoms with Gasteiger partial charge in [-0.15, -0.1) is 0 Å². The van der Waals surface area contributed by atoms with Gasteiger partial charge in [0.05, 0.1) is 6.61 Å². The van der Waals surface area contributed by atoms with Crippen LogP contribution in [-0.4, -0.2) is 72.5 Å². The lowest BCUT2D eigenvalue weighted by atomic mass is 10.00. The summed E-state index contributed by atoms with van der Waals surface area (Å²) >= 11 is 14.8. The Kier molecular flexibility index (Phi) is 7.81. The van der Waals surface area contributed by atoms with Crippen LogP contribution in [0.1, 0.15) is 0 Å². The number of carbonyl (C=O) groups is 1.